The molecule has 0 saturated heterocycles. The van der Waals surface area contributed by atoms with Crippen molar-refractivity contribution in [2.45, 2.75) is 6.92 Å². The molecule has 0 aliphatic rings. The first kappa shape index (κ1) is 17.6. The van der Waals surface area contributed by atoms with Gasteiger partial charge in [0.05, 0.1) is 0 Å². The van der Waals surface area contributed by atoms with E-state index in [2.05, 4.69) is 4.98 Å². The smallest absolute Gasteiger partial charge is 0.291 e. The number of rotatable bonds is 4. The van der Waals surface area contributed by atoms with E-state index in [0.29, 0.717) is 27.2 Å². The minimum atomic E-state index is -0.348. The van der Waals surface area contributed by atoms with E-state index in [0.717, 1.165) is 11.1 Å². The molecule has 0 saturated carbocycles. The predicted octanol–water partition coefficient (Wildman–Crippen LogP) is 4.59. The van der Waals surface area contributed by atoms with E-state index in [1.165, 1.54) is 6.20 Å². The average Bonchev–Trinajstić information content (AvgIpc) is 2.75. The quantitative estimate of drug-likeness (QED) is 0.302. The molecule has 0 aliphatic carbocycles. The molecule has 0 unspecified atom stereocenters. The van der Waals surface area contributed by atoms with Crippen molar-refractivity contribution in [1.29, 1.82) is 0 Å². The largest absolute Gasteiger partial charge is 0.618 e. The van der Waals surface area contributed by atoms with Gasteiger partial charge >= 0.3 is 0 Å². The summed E-state index contributed by atoms with van der Waals surface area (Å²) in [6.07, 6.45) is 1.52. The minimum absolute atomic E-state index is 0.0245. The molecule has 4 nitrogen and oxygen atoms in total. The Morgan fingerprint density at radius 1 is 0.821 bits per heavy atom. The molecule has 4 aromatic rings. The molecule has 0 N–H and O–H groups in total. The highest BCUT2D eigenvalue weighted by atomic mass is 16.5. The second kappa shape index (κ2) is 7.45. The van der Waals surface area contributed by atoms with Crippen LogP contribution in [0.15, 0.2) is 91.1 Å². The maximum absolute atomic E-state index is 13.3. The number of nitrogens with zero attached hydrogens (tertiary/aromatic N) is 2. The number of hydrogen-bond acceptors (Lipinski definition) is 3. The van der Waals surface area contributed by atoms with Crippen LogP contribution in [0.1, 0.15) is 21.6 Å². The molecule has 0 radical (unpaired) electrons. The summed E-state index contributed by atoms with van der Waals surface area (Å²) in [5.74, 6) is -0.348. The summed E-state index contributed by atoms with van der Waals surface area (Å²) in [4.78, 5) is 17.8. The van der Waals surface area contributed by atoms with Crippen molar-refractivity contribution in [2.75, 3.05) is 0 Å². The molecular formula is C24H18N2O2. The second-order valence-corrected chi connectivity index (χ2v) is 6.56. The second-order valence-electron chi connectivity index (χ2n) is 6.56. The molecule has 0 atom stereocenters. The van der Waals surface area contributed by atoms with E-state index in [1.54, 1.807) is 12.1 Å². The van der Waals surface area contributed by atoms with Gasteiger partial charge in [-0.15, -0.1) is 0 Å². The van der Waals surface area contributed by atoms with Crippen LogP contribution in [0, 0.1) is 12.1 Å². The van der Waals surface area contributed by atoms with Crippen LogP contribution in [0.4, 0.5) is 0 Å². The Bertz CT molecular complexity index is 1120. The third kappa shape index (κ3) is 3.28. The summed E-state index contributed by atoms with van der Waals surface area (Å²) in [5, 5.41) is 13.3. The Morgan fingerprint density at radius 3 is 2.00 bits per heavy atom. The van der Waals surface area contributed by atoms with Crippen molar-refractivity contribution in [1.82, 2.24) is 4.98 Å². The van der Waals surface area contributed by atoms with Gasteiger partial charge in [0.1, 0.15) is 11.9 Å². The SMILES string of the molecule is Cc1ccc(C(=O)c2c(-c3ccccc3)ncc(-c3ccccc3)[n+]2[O-])cc1. The van der Waals surface area contributed by atoms with Crippen LogP contribution in [0.25, 0.3) is 22.5 Å². The number of benzene rings is 3. The fourth-order valence-corrected chi connectivity index (χ4v) is 3.11. The molecule has 1 aromatic heterocycles. The van der Waals surface area contributed by atoms with Gasteiger partial charge in [0, 0.05) is 16.7 Å². The van der Waals surface area contributed by atoms with E-state index in [1.807, 2.05) is 79.7 Å². The lowest BCUT2D eigenvalue weighted by Gasteiger charge is -2.12. The van der Waals surface area contributed by atoms with Crippen LogP contribution in [-0.2, 0) is 0 Å². The summed E-state index contributed by atoms with van der Waals surface area (Å²) < 4.78 is 0.701. The minimum Gasteiger partial charge on any atom is -0.618 e. The average molecular weight is 366 g/mol. The lowest BCUT2D eigenvalue weighted by molar-refractivity contribution is -0.595. The Hall–Kier alpha value is -3.79. The summed E-state index contributed by atoms with van der Waals surface area (Å²) in [6.45, 7) is 1.95. The van der Waals surface area contributed by atoms with Crippen molar-refractivity contribution < 1.29 is 9.52 Å². The van der Waals surface area contributed by atoms with Gasteiger partial charge in [0.15, 0.2) is 0 Å². The topological polar surface area (TPSA) is 56.9 Å². The van der Waals surface area contributed by atoms with Crippen LogP contribution < -0.4 is 4.73 Å². The van der Waals surface area contributed by atoms with E-state index in [-0.39, 0.29) is 11.5 Å². The van der Waals surface area contributed by atoms with Crippen LogP contribution in [0.3, 0.4) is 0 Å². The van der Waals surface area contributed by atoms with Gasteiger partial charge in [0.25, 0.3) is 11.5 Å². The third-order valence-corrected chi connectivity index (χ3v) is 4.61. The molecule has 4 heteroatoms. The van der Waals surface area contributed by atoms with Crippen molar-refractivity contribution >= 4 is 5.78 Å². The van der Waals surface area contributed by atoms with Crippen LogP contribution in [-0.4, -0.2) is 10.8 Å². The summed E-state index contributed by atoms with van der Waals surface area (Å²) in [7, 11) is 0. The first-order valence-corrected chi connectivity index (χ1v) is 9.00. The number of hydrogen-bond donors (Lipinski definition) is 0. The van der Waals surface area contributed by atoms with Crippen LogP contribution in [0.2, 0.25) is 0 Å². The van der Waals surface area contributed by atoms with E-state index in [4.69, 9.17) is 0 Å². The predicted molar refractivity (Wildman–Crippen MR) is 109 cm³/mol. The molecule has 1 heterocycles. The van der Waals surface area contributed by atoms with Gasteiger partial charge in [-0.1, -0.05) is 78.4 Å². The third-order valence-electron chi connectivity index (χ3n) is 4.61. The summed E-state index contributed by atoms with van der Waals surface area (Å²) in [6, 6.07) is 25.7. The van der Waals surface area contributed by atoms with Crippen molar-refractivity contribution in [3.05, 3.63) is 113 Å². The van der Waals surface area contributed by atoms with E-state index >= 15 is 0 Å². The highest BCUT2D eigenvalue weighted by molar-refractivity contribution is 6.10. The Morgan fingerprint density at radius 2 is 1.39 bits per heavy atom. The van der Waals surface area contributed by atoms with Crippen LogP contribution >= 0.6 is 0 Å². The first-order valence-electron chi connectivity index (χ1n) is 9.00. The van der Waals surface area contributed by atoms with E-state index < -0.39 is 0 Å². The fraction of sp³-hybridized carbons (Fsp3) is 0.0417. The first-order chi connectivity index (χ1) is 13.6. The molecule has 136 valence electrons. The van der Waals surface area contributed by atoms with Gasteiger partial charge in [-0.25, -0.2) is 4.98 Å². The summed E-state index contributed by atoms with van der Waals surface area (Å²) >= 11 is 0. The number of aryl methyl sites for hydroxylation is 1. The molecule has 4 rings (SSSR count). The lowest BCUT2D eigenvalue weighted by Crippen LogP contribution is -2.38. The zero-order chi connectivity index (χ0) is 19.5. The molecule has 0 fully saturated rings. The standard InChI is InChI=1S/C24H18N2O2/c1-17-12-14-20(15-13-17)24(27)23-22(19-10-6-3-7-11-19)25-16-21(26(23)28)18-8-4-2-5-9-18/h2-16H,1H3. The zero-order valence-electron chi connectivity index (χ0n) is 15.4. The number of ketones is 1. The lowest BCUT2D eigenvalue weighted by atomic mass is 10.0. The molecule has 0 amide bonds. The number of carbonyl (C=O) groups excluding carboxylic acids is 1. The summed E-state index contributed by atoms with van der Waals surface area (Å²) in [5.41, 5.74) is 3.68. The van der Waals surface area contributed by atoms with Crippen molar-refractivity contribution in [2.24, 2.45) is 0 Å². The maximum Gasteiger partial charge on any atom is 0.291 e. The molecule has 28 heavy (non-hydrogen) atoms. The number of aromatic nitrogens is 2. The zero-order valence-corrected chi connectivity index (χ0v) is 15.4. The fourth-order valence-electron chi connectivity index (χ4n) is 3.11. The van der Waals surface area contributed by atoms with Crippen molar-refractivity contribution in [3.63, 3.8) is 0 Å². The normalized spacial score (nSPS) is 10.6. The van der Waals surface area contributed by atoms with E-state index in [9.17, 15) is 10.0 Å². The monoisotopic (exact) mass is 366 g/mol. The highest BCUT2D eigenvalue weighted by Crippen LogP contribution is 2.24. The van der Waals surface area contributed by atoms with Crippen molar-refractivity contribution in [3.8, 4) is 22.5 Å². The molecule has 0 aliphatic heterocycles. The highest BCUT2D eigenvalue weighted by Gasteiger charge is 2.28. The van der Waals surface area contributed by atoms with Gasteiger partial charge in [-0.05, 0) is 19.1 Å². The van der Waals surface area contributed by atoms with Gasteiger partial charge in [0.2, 0.25) is 5.69 Å². The van der Waals surface area contributed by atoms with Gasteiger partial charge < -0.3 is 5.21 Å². The maximum atomic E-state index is 13.3. The van der Waals surface area contributed by atoms with Crippen LogP contribution in [0.5, 0.6) is 0 Å². The number of carbonyl (C=O) groups is 1. The van der Waals surface area contributed by atoms with Gasteiger partial charge in [-0.3, -0.25) is 4.79 Å². The molecule has 0 bridgehead atoms. The van der Waals surface area contributed by atoms with Gasteiger partial charge in [-0.2, -0.15) is 4.73 Å². The Labute approximate surface area is 163 Å². The Balaban J connectivity index is 1.94. The molecular weight excluding hydrogens is 348 g/mol. The Kier molecular flexibility index (Phi) is 4.68. The molecule has 0 spiro atoms. The molecule has 3 aromatic carbocycles.